The molecule has 6 nitrogen and oxygen atoms in total. The molecule has 2 heterocycles. The molecule has 2 aliphatic heterocycles. The van der Waals surface area contributed by atoms with Crippen molar-refractivity contribution in [2.45, 2.75) is 25.5 Å². The fourth-order valence-electron chi connectivity index (χ4n) is 3.00. The highest BCUT2D eigenvalue weighted by atomic mass is 32.2. The monoisotopic (exact) mass is 337 g/mol. The summed E-state index contributed by atoms with van der Waals surface area (Å²) in [5.74, 6) is -1.08. The zero-order chi connectivity index (χ0) is 16.4. The van der Waals surface area contributed by atoms with Gasteiger partial charge in [-0.2, -0.15) is 0 Å². The molecule has 0 spiro atoms. The molecule has 3 rings (SSSR count). The molecular formula is C16H19NO5S. The van der Waals surface area contributed by atoms with E-state index >= 15 is 0 Å². The van der Waals surface area contributed by atoms with Gasteiger partial charge < -0.3 is 9.64 Å². The summed E-state index contributed by atoms with van der Waals surface area (Å²) in [6, 6.07) is 9.58. The first-order chi connectivity index (χ1) is 10.9. The van der Waals surface area contributed by atoms with Gasteiger partial charge in [0.1, 0.15) is 6.10 Å². The van der Waals surface area contributed by atoms with E-state index in [4.69, 9.17) is 4.74 Å². The maximum Gasteiger partial charge on any atom is 0.311 e. The molecule has 2 fully saturated rings. The quantitative estimate of drug-likeness (QED) is 0.758. The van der Waals surface area contributed by atoms with Crippen LogP contribution in [0.3, 0.4) is 0 Å². The van der Waals surface area contributed by atoms with Crippen molar-refractivity contribution in [2.24, 2.45) is 5.92 Å². The van der Waals surface area contributed by atoms with E-state index < -0.39 is 27.8 Å². The standard InChI is InChI=1S/C16H19NO5S/c18-15-8-13(10-17(15)9-12-4-2-1-3-5-12)16(19)22-14-6-7-23(20,21)11-14/h1-5,13-14H,6-11H2/t13-,14+/m1/s1. The van der Waals surface area contributed by atoms with Crippen molar-refractivity contribution in [1.29, 1.82) is 0 Å². The molecule has 1 aromatic carbocycles. The smallest absolute Gasteiger partial charge is 0.311 e. The van der Waals surface area contributed by atoms with Gasteiger partial charge in [-0.1, -0.05) is 30.3 Å². The Kier molecular flexibility index (Phi) is 4.39. The van der Waals surface area contributed by atoms with Gasteiger partial charge in [0.15, 0.2) is 9.84 Å². The van der Waals surface area contributed by atoms with E-state index in [0.29, 0.717) is 19.5 Å². The van der Waals surface area contributed by atoms with E-state index in [1.165, 1.54) is 0 Å². The van der Waals surface area contributed by atoms with Gasteiger partial charge >= 0.3 is 5.97 Å². The van der Waals surface area contributed by atoms with E-state index in [1.807, 2.05) is 30.3 Å². The molecule has 0 aromatic heterocycles. The number of hydrogen-bond acceptors (Lipinski definition) is 5. The van der Waals surface area contributed by atoms with Crippen molar-refractivity contribution in [2.75, 3.05) is 18.1 Å². The first kappa shape index (κ1) is 16.0. The zero-order valence-electron chi connectivity index (χ0n) is 12.7. The predicted molar refractivity (Wildman–Crippen MR) is 83.1 cm³/mol. The largest absolute Gasteiger partial charge is 0.461 e. The summed E-state index contributed by atoms with van der Waals surface area (Å²) < 4.78 is 28.1. The molecule has 0 aliphatic carbocycles. The Morgan fingerprint density at radius 2 is 2.00 bits per heavy atom. The fraction of sp³-hybridized carbons (Fsp3) is 0.500. The molecule has 23 heavy (non-hydrogen) atoms. The Balaban J connectivity index is 1.56. The van der Waals surface area contributed by atoms with Crippen molar-refractivity contribution < 1.29 is 22.7 Å². The molecule has 124 valence electrons. The van der Waals surface area contributed by atoms with Crippen molar-refractivity contribution in [3.05, 3.63) is 35.9 Å². The van der Waals surface area contributed by atoms with Crippen molar-refractivity contribution in [1.82, 2.24) is 4.90 Å². The van der Waals surface area contributed by atoms with Crippen LogP contribution in [0.1, 0.15) is 18.4 Å². The Morgan fingerprint density at radius 1 is 1.26 bits per heavy atom. The Hall–Kier alpha value is -1.89. The van der Waals surface area contributed by atoms with Crippen LogP contribution >= 0.6 is 0 Å². The van der Waals surface area contributed by atoms with Gasteiger partial charge in [0, 0.05) is 19.5 Å². The van der Waals surface area contributed by atoms with E-state index in [2.05, 4.69) is 0 Å². The van der Waals surface area contributed by atoms with Crippen LogP contribution in [0.5, 0.6) is 0 Å². The van der Waals surface area contributed by atoms with Crippen LogP contribution in [-0.2, 0) is 30.7 Å². The number of likely N-dealkylation sites (tertiary alicyclic amines) is 1. The number of benzene rings is 1. The minimum Gasteiger partial charge on any atom is -0.461 e. The first-order valence-corrected chi connectivity index (χ1v) is 9.48. The van der Waals surface area contributed by atoms with E-state index in [0.717, 1.165) is 5.56 Å². The van der Waals surface area contributed by atoms with Crippen molar-refractivity contribution in [3.63, 3.8) is 0 Å². The number of rotatable bonds is 4. The van der Waals surface area contributed by atoms with Crippen LogP contribution in [0.15, 0.2) is 30.3 Å². The lowest BCUT2D eigenvalue weighted by Gasteiger charge is -2.17. The third-order valence-electron chi connectivity index (χ3n) is 4.24. The van der Waals surface area contributed by atoms with Crippen LogP contribution < -0.4 is 0 Å². The molecular weight excluding hydrogens is 318 g/mol. The lowest BCUT2D eigenvalue weighted by atomic mass is 10.1. The minimum absolute atomic E-state index is 0.0642. The summed E-state index contributed by atoms with van der Waals surface area (Å²) in [4.78, 5) is 25.9. The average molecular weight is 337 g/mol. The molecule has 0 bridgehead atoms. The van der Waals surface area contributed by atoms with Crippen LogP contribution in [0.4, 0.5) is 0 Å². The summed E-state index contributed by atoms with van der Waals surface area (Å²) in [5.41, 5.74) is 1.01. The van der Waals surface area contributed by atoms with Gasteiger partial charge in [-0.05, 0) is 12.0 Å². The lowest BCUT2D eigenvalue weighted by molar-refractivity contribution is -0.152. The number of nitrogens with zero attached hydrogens (tertiary/aromatic N) is 1. The maximum absolute atomic E-state index is 12.2. The lowest BCUT2D eigenvalue weighted by Crippen LogP contribution is -2.28. The second kappa shape index (κ2) is 6.31. The Labute approximate surface area is 135 Å². The second-order valence-electron chi connectivity index (χ2n) is 6.12. The summed E-state index contributed by atoms with van der Waals surface area (Å²) in [5, 5.41) is 0. The highest BCUT2D eigenvalue weighted by Crippen LogP contribution is 2.23. The molecule has 1 amide bonds. The molecule has 7 heteroatoms. The number of esters is 1. The fourth-order valence-corrected chi connectivity index (χ4v) is 4.59. The number of carbonyl (C=O) groups is 2. The number of hydrogen-bond donors (Lipinski definition) is 0. The highest BCUT2D eigenvalue weighted by Gasteiger charge is 2.38. The van der Waals surface area contributed by atoms with Crippen LogP contribution in [0, 0.1) is 5.92 Å². The van der Waals surface area contributed by atoms with Gasteiger partial charge in [0.25, 0.3) is 0 Å². The first-order valence-electron chi connectivity index (χ1n) is 7.65. The topological polar surface area (TPSA) is 80.8 Å². The average Bonchev–Trinajstić information content (AvgIpc) is 3.03. The number of amides is 1. The van der Waals surface area contributed by atoms with Gasteiger partial charge in [-0.25, -0.2) is 8.42 Å². The van der Waals surface area contributed by atoms with Gasteiger partial charge in [-0.15, -0.1) is 0 Å². The van der Waals surface area contributed by atoms with Gasteiger partial charge in [-0.3, -0.25) is 9.59 Å². The molecule has 0 N–H and O–H groups in total. The number of sulfone groups is 1. The molecule has 0 saturated carbocycles. The molecule has 0 radical (unpaired) electrons. The van der Waals surface area contributed by atoms with Gasteiger partial charge in [0.2, 0.25) is 5.91 Å². The summed E-state index contributed by atoms with van der Waals surface area (Å²) in [6.45, 7) is 0.799. The van der Waals surface area contributed by atoms with Crippen molar-refractivity contribution >= 4 is 21.7 Å². The SMILES string of the molecule is O=C(O[C@H]1CCS(=O)(=O)C1)[C@@H]1CC(=O)N(Cc2ccccc2)C1. The van der Waals surface area contributed by atoms with Crippen molar-refractivity contribution in [3.8, 4) is 0 Å². The van der Waals surface area contributed by atoms with Crippen LogP contribution in [0.25, 0.3) is 0 Å². The molecule has 2 aliphatic rings. The zero-order valence-corrected chi connectivity index (χ0v) is 13.5. The maximum atomic E-state index is 12.2. The summed E-state index contributed by atoms with van der Waals surface area (Å²) >= 11 is 0. The number of carbonyl (C=O) groups excluding carboxylic acids is 2. The van der Waals surface area contributed by atoms with E-state index in [9.17, 15) is 18.0 Å². The van der Waals surface area contributed by atoms with E-state index in [1.54, 1.807) is 4.90 Å². The molecule has 2 saturated heterocycles. The predicted octanol–water partition coefficient (Wildman–Crippen LogP) is 0.765. The summed E-state index contributed by atoms with van der Waals surface area (Å²) in [6.07, 6.45) is -0.0843. The Bertz CT molecular complexity index is 700. The van der Waals surface area contributed by atoms with E-state index in [-0.39, 0.29) is 23.8 Å². The third-order valence-corrected chi connectivity index (χ3v) is 5.97. The third kappa shape index (κ3) is 3.90. The molecule has 1 aromatic rings. The highest BCUT2D eigenvalue weighted by molar-refractivity contribution is 7.91. The second-order valence-corrected chi connectivity index (χ2v) is 8.35. The normalized spacial score (nSPS) is 26.4. The van der Waals surface area contributed by atoms with Crippen LogP contribution in [0.2, 0.25) is 0 Å². The minimum atomic E-state index is -3.08. The summed E-state index contributed by atoms with van der Waals surface area (Å²) in [7, 11) is -3.08. The number of ether oxygens (including phenoxy) is 1. The van der Waals surface area contributed by atoms with Crippen LogP contribution in [-0.4, -0.2) is 49.3 Å². The Morgan fingerprint density at radius 3 is 2.65 bits per heavy atom. The van der Waals surface area contributed by atoms with Gasteiger partial charge in [0.05, 0.1) is 17.4 Å². The molecule has 0 unspecified atom stereocenters. The molecule has 2 atom stereocenters.